The van der Waals surface area contributed by atoms with Gasteiger partial charge in [0.05, 0.1) is 12.1 Å². The van der Waals surface area contributed by atoms with Gasteiger partial charge >= 0.3 is 0 Å². The fourth-order valence-corrected chi connectivity index (χ4v) is 3.53. The molecule has 1 aromatic carbocycles. The van der Waals surface area contributed by atoms with E-state index in [1.165, 1.54) is 7.11 Å². The fraction of sp³-hybridized carbons (Fsp3) is 0.364. The van der Waals surface area contributed by atoms with Gasteiger partial charge in [-0.25, -0.2) is 4.98 Å². The van der Waals surface area contributed by atoms with Crippen LogP contribution in [0.2, 0.25) is 0 Å². The molecular weight excluding hydrogens is 366 g/mol. The van der Waals surface area contributed by atoms with Crippen LogP contribution in [0.25, 0.3) is 11.4 Å². The van der Waals surface area contributed by atoms with Crippen LogP contribution >= 0.6 is 0 Å². The third-order valence-electron chi connectivity index (χ3n) is 4.88. The Balaban J connectivity index is 2.15. The van der Waals surface area contributed by atoms with Crippen LogP contribution in [0.4, 0.5) is 0 Å². The van der Waals surface area contributed by atoms with Crippen LogP contribution < -0.4 is 5.73 Å². The predicted molar refractivity (Wildman–Crippen MR) is 111 cm³/mol. The van der Waals surface area contributed by atoms with E-state index in [-0.39, 0.29) is 11.3 Å². The summed E-state index contributed by atoms with van der Waals surface area (Å²) in [6.45, 7) is 6.76. The van der Waals surface area contributed by atoms with E-state index in [0.29, 0.717) is 17.9 Å². The van der Waals surface area contributed by atoms with Crippen LogP contribution in [-0.2, 0) is 16.1 Å². The van der Waals surface area contributed by atoms with Gasteiger partial charge in [-0.3, -0.25) is 14.8 Å². The first-order valence-corrected chi connectivity index (χ1v) is 9.50. The van der Waals surface area contributed by atoms with Crippen molar-refractivity contribution in [1.29, 1.82) is 0 Å². The van der Waals surface area contributed by atoms with Crippen molar-refractivity contribution in [2.75, 3.05) is 7.11 Å². The number of imidazole rings is 1. The maximum atomic E-state index is 12.2. The molecule has 0 saturated heterocycles. The lowest BCUT2D eigenvalue weighted by atomic mass is 9.76. The van der Waals surface area contributed by atoms with Crippen LogP contribution in [0.15, 0.2) is 55.1 Å². The molecule has 0 bridgehead atoms. The van der Waals surface area contributed by atoms with Gasteiger partial charge in [-0.15, -0.1) is 0 Å². The van der Waals surface area contributed by atoms with Crippen LogP contribution in [-0.4, -0.2) is 38.6 Å². The Morgan fingerprint density at radius 2 is 1.90 bits per heavy atom. The van der Waals surface area contributed by atoms with Crippen molar-refractivity contribution in [1.82, 2.24) is 19.5 Å². The minimum atomic E-state index is -0.804. The summed E-state index contributed by atoms with van der Waals surface area (Å²) in [7, 11) is 1.50. The molecule has 0 radical (unpaired) electrons. The molecule has 2 heterocycles. The molecule has 0 aliphatic carbocycles. The first-order valence-electron chi connectivity index (χ1n) is 9.50. The molecule has 3 aromatic rings. The van der Waals surface area contributed by atoms with Gasteiger partial charge in [-0.2, -0.15) is 0 Å². The Bertz CT molecular complexity index is 948. The number of methoxy groups -OCH3 is 1. The maximum absolute atomic E-state index is 12.2. The second-order valence-electron chi connectivity index (χ2n) is 8.09. The van der Waals surface area contributed by atoms with Crippen LogP contribution in [0, 0.1) is 5.41 Å². The fourth-order valence-electron chi connectivity index (χ4n) is 3.53. The van der Waals surface area contributed by atoms with Gasteiger partial charge in [0.15, 0.2) is 0 Å². The number of amides is 1. The smallest absolute Gasteiger partial charge is 0.247 e. The molecule has 0 saturated carbocycles. The first-order chi connectivity index (χ1) is 13.8. The number of carbonyl (C=O) groups is 1. The highest BCUT2D eigenvalue weighted by atomic mass is 16.5. The number of aromatic nitrogens is 4. The number of carbonyl (C=O) groups excluding carboxylic acids is 1. The number of hydrogen-bond acceptors (Lipinski definition) is 5. The number of hydrogen-bond donors (Lipinski definition) is 1. The van der Waals surface area contributed by atoms with Gasteiger partial charge in [-0.1, -0.05) is 51.1 Å². The lowest BCUT2D eigenvalue weighted by Gasteiger charge is -2.34. The average molecular weight is 393 g/mol. The second kappa shape index (κ2) is 8.53. The highest BCUT2D eigenvalue weighted by molar-refractivity contribution is 5.80. The molecule has 7 heteroatoms. The summed E-state index contributed by atoms with van der Waals surface area (Å²) in [6.07, 6.45) is 6.07. The van der Waals surface area contributed by atoms with E-state index >= 15 is 0 Å². The average Bonchev–Trinajstić information content (AvgIpc) is 3.09. The molecule has 0 aliphatic heterocycles. The molecule has 29 heavy (non-hydrogen) atoms. The minimum absolute atomic E-state index is 0.324. The Morgan fingerprint density at radius 1 is 1.17 bits per heavy atom. The van der Waals surface area contributed by atoms with Gasteiger partial charge in [0.1, 0.15) is 23.3 Å². The van der Waals surface area contributed by atoms with Crippen LogP contribution in [0.1, 0.15) is 38.1 Å². The standard InChI is InChI=1S/C22H27N5O2/c1-22(2,3)18(19(29-4)20(23)28)21-26-17(16-12-24-10-11-25-16)14-27(21)13-15-8-6-5-7-9-15/h5-12,14,18-19H,13H2,1-4H3,(H2,23,28)/t18-,19?/m0/s1. The van der Waals surface area contributed by atoms with Gasteiger partial charge in [-0.05, 0) is 11.0 Å². The van der Waals surface area contributed by atoms with Crippen LogP contribution in [0.3, 0.4) is 0 Å². The zero-order valence-corrected chi connectivity index (χ0v) is 17.2. The third-order valence-corrected chi connectivity index (χ3v) is 4.88. The molecular formula is C22H27N5O2. The van der Waals surface area contributed by atoms with Crippen molar-refractivity contribution in [2.24, 2.45) is 11.1 Å². The molecule has 1 amide bonds. The summed E-state index contributed by atoms with van der Waals surface area (Å²) < 4.78 is 7.57. The highest BCUT2D eigenvalue weighted by Gasteiger charge is 2.40. The van der Waals surface area contributed by atoms with Gasteiger partial charge in [0.25, 0.3) is 0 Å². The van der Waals surface area contributed by atoms with Crippen molar-refractivity contribution < 1.29 is 9.53 Å². The van der Waals surface area contributed by atoms with Crippen LogP contribution in [0.5, 0.6) is 0 Å². The Hall–Kier alpha value is -3.06. The SMILES string of the molecule is COC(C(N)=O)[C@@H](c1nc(-c2cnccn2)cn1Cc1ccccc1)C(C)(C)C. The Labute approximate surface area is 171 Å². The van der Waals surface area contributed by atoms with Gasteiger partial charge < -0.3 is 15.0 Å². The molecule has 3 rings (SSSR count). The zero-order chi connectivity index (χ0) is 21.0. The maximum Gasteiger partial charge on any atom is 0.247 e. The van der Waals surface area contributed by atoms with E-state index in [0.717, 1.165) is 11.4 Å². The third kappa shape index (κ3) is 4.68. The lowest BCUT2D eigenvalue weighted by Crippen LogP contribution is -2.42. The van der Waals surface area contributed by atoms with E-state index < -0.39 is 12.0 Å². The number of benzene rings is 1. The van der Waals surface area contributed by atoms with E-state index in [9.17, 15) is 4.79 Å². The summed E-state index contributed by atoms with van der Waals surface area (Å²) in [6, 6.07) is 10.1. The van der Waals surface area contributed by atoms with Crippen molar-refractivity contribution >= 4 is 5.91 Å². The number of nitrogens with zero attached hydrogens (tertiary/aromatic N) is 4. The van der Waals surface area contributed by atoms with E-state index in [4.69, 9.17) is 15.5 Å². The monoisotopic (exact) mass is 393 g/mol. The molecule has 2 aromatic heterocycles. The molecule has 0 spiro atoms. The molecule has 2 atom stereocenters. The largest absolute Gasteiger partial charge is 0.371 e. The Kier molecular flexibility index (Phi) is 6.08. The zero-order valence-electron chi connectivity index (χ0n) is 17.2. The number of ether oxygens (including phenoxy) is 1. The highest BCUT2D eigenvalue weighted by Crippen LogP contribution is 2.39. The summed E-state index contributed by atoms with van der Waals surface area (Å²) >= 11 is 0. The van der Waals surface area contributed by atoms with Gasteiger partial charge in [0.2, 0.25) is 5.91 Å². The lowest BCUT2D eigenvalue weighted by molar-refractivity contribution is -0.131. The normalized spacial score (nSPS) is 13.8. The second-order valence-corrected chi connectivity index (χ2v) is 8.09. The van der Waals surface area contributed by atoms with Crippen molar-refractivity contribution in [2.45, 2.75) is 39.3 Å². The molecule has 7 nitrogen and oxygen atoms in total. The predicted octanol–water partition coefficient (Wildman–Crippen LogP) is 3.02. The topological polar surface area (TPSA) is 95.9 Å². The summed E-state index contributed by atoms with van der Waals surface area (Å²) in [5.41, 5.74) is 7.84. The number of nitrogens with two attached hydrogens (primary N) is 1. The molecule has 152 valence electrons. The molecule has 0 aliphatic rings. The van der Waals surface area contributed by atoms with Crippen molar-refractivity contribution in [3.63, 3.8) is 0 Å². The van der Waals surface area contributed by atoms with Gasteiger partial charge in [0, 0.05) is 32.2 Å². The summed E-state index contributed by atoms with van der Waals surface area (Å²) in [5, 5.41) is 0. The van der Waals surface area contributed by atoms with E-state index in [2.05, 4.69) is 42.9 Å². The summed E-state index contributed by atoms with van der Waals surface area (Å²) in [5.74, 6) is -0.130. The number of rotatable bonds is 7. The first kappa shape index (κ1) is 20.7. The van der Waals surface area contributed by atoms with Crippen molar-refractivity contribution in [3.8, 4) is 11.4 Å². The molecule has 0 fully saturated rings. The molecule has 1 unspecified atom stereocenters. The van der Waals surface area contributed by atoms with E-state index in [1.54, 1.807) is 18.6 Å². The number of primary amides is 1. The van der Waals surface area contributed by atoms with Crippen molar-refractivity contribution in [3.05, 3.63) is 66.5 Å². The van der Waals surface area contributed by atoms with E-state index in [1.807, 2.05) is 29.0 Å². The summed E-state index contributed by atoms with van der Waals surface area (Å²) in [4.78, 5) is 25.6. The molecule has 2 N–H and O–H groups in total. The quantitative estimate of drug-likeness (QED) is 0.666. The Morgan fingerprint density at radius 3 is 2.45 bits per heavy atom. The minimum Gasteiger partial charge on any atom is -0.371 e.